The van der Waals surface area contributed by atoms with Crippen LogP contribution < -0.4 is 4.74 Å². The molecule has 0 atom stereocenters. The number of hydrogen-bond acceptors (Lipinski definition) is 2. The maximum Gasteiger partial charge on any atom is 0.123 e. The van der Waals surface area contributed by atoms with E-state index in [1.54, 1.807) is 0 Å². The van der Waals surface area contributed by atoms with Crippen molar-refractivity contribution in [2.75, 3.05) is 6.61 Å². The molecule has 0 aliphatic rings. The molecule has 2 heteroatoms. The quantitative estimate of drug-likeness (QED) is 0.573. The fourth-order valence-corrected chi connectivity index (χ4v) is 2.33. The minimum Gasteiger partial charge on any atom is -0.493 e. The number of benzene rings is 1. The van der Waals surface area contributed by atoms with Crippen LogP contribution in [0.25, 0.3) is 0 Å². The average molecular weight is 301 g/mol. The maximum absolute atomic E-state index is 8.63. The minimum atomic E-state index is 0.0877. The molecule has 1 aromatic carbocycles. The molecule has 0 aliphatic carbocycles. The monoisotopic (exact) mass is 301 g/mol. The van der Waals surface area contributed by atoms with Crippen molar-refractivity contribution in [2.45, 2.75) is 78.1 Å². The lowest BCUT2D eigenvalue weighted by Crippen LogP contribution is -2.21. The van der Waals surface area contributed by atoms with Crippen molar-refractivity contribution < 1.29 is 4.74 Å². The number of rotatable bonds is 8. The van der Waals surface area contributed by atoms with Crippen LogP contribution >= 0.6 is 0 Å². The van der Waals surface area contributed by atoms with Gasteiger partial charge in [-0.2, -0.15) is 5.26 Å². The molecular formula is C20H31NO. The number of ether oxygens (including phenoxy) is 1. The third-order valence-electron chi connectivity index (χ3n) is 4.95. The lowest BCUT2D eigenvalue weighted by Gasteiger charge is -2.30. The predicted molar refractivity (Wildman–Crippen MR) is 93.4 cm³/mol. The summed E-state index contributed by atoms with van der Waals surface area (Å²) in [5, 5.41) is 8.63. The minimum absolute atomic E-state index is 0.0877. The van der Waals surface area contributed by atoms with Crippen LogP contribution in [-0.2, 0) is 10.8 Å². The normalized spacial score (nSPS) is 12.0. The lowest BCUT2D eigenvalue weighted by molar-refractivity contribution is 0.301. The van der Waals surface area contributed by atoms with Gasteiger partial charge in [0.05, 0.1) is 12.7 Å². The highest BCUT2D eigenvalue weighted by Crippen LogP contribution is 2.38. The predicted octanol–water partition coefficient (Wildman–Crippen LogP) is 5.74. The summed E-state index contributed by atoms with van der Waals surface area (Å²) < 4.78 is 5.98. The fraction of sp³-hybridized carbons (Fsp3) is 0.650. The Morgan fingerprint density at radius 3 is 2.23 bits per heavy atom. The van der Waals surface area contributed by atoms with Gasteiger partial charge in [0.25, 0.3) is 0 Å². The highest BCUT2D eigenvalue weighted by Gasteiger charge is 2.26. The molecule has 0 unspecified atom stereocenters. The van der Waals surface area contributed by atoms with Crippen molar-refractivity contribution >= 4 is 0 Å². The smallest absolute Gasteiger partial charge is 0.123 e. The van der Waals surface area contributed by atoms with E-state index in [0.29, 0.717) is 13.0 Å². The third-order valence-corrected chi connectivity index (χ3v) is 4.95. The van der Waals surface area contributed by atoms with Crippen LogP contribution in [0.5, 0.6) is 5.75 Å². The van der Waals surface area contributed by atoms with Gasteiger partial charge in [-0.3, -0.25) is 0 Å². The van der Waals surface area contributed by atoms with Gasteiger partial charge >= 0.3 is 0 Å². The van der Waals surface area contributed by atoms with E-state index in [0.717, 1.165) is 25.0 Å². The van der Waals surface area contributed by atoms with Crippen LogP contribution in [-0.4, -0.2) is 6.61 Å². The Labute approximate surface area is 136 Å². The van der Waals surface area contributed by atoms with Crippen LogP contribution in [0.4, 0.5) is 0 Å². The van der Waals surface area contributed by atoms with E-state index in [-0.39, 0.29) is 10.8 Å². The van der Waals surface area contributed by atoms with Gasteiger partial charge in [0.15, 0.2) is 0 Å². The van der Waals surface area contributed by atoms with E-state index in [1.165, 1.54) is 11.1 Å². The first-order chi connectivity index (χ1) is 10.3. The van der Waals surface area contributed by atoms with Crippen LogP contribution in [0.2, 0.25) is 0 Å². The number of nitriles is 1. The SMILES string of the molecule is CCC(C)(C)c1ccc(OCCCC#N)c(C(C)(C)CC)c1. The first-order valence-corrected chi connectivity index (χ1v) is 8.43. The van der Waals surface area contributed by atoms with Gasteiger partial charge in [-0.25, -0.2) is 0 Å². The molecule has 0 N–H and O–H groups in total. The topological polar surface area (TPSA) is 33.0 Å². The second-order valence-electron chi connectivity index (χ2n) is 7.30. The molecule has 0 heterocycles. The number of unbranched alkanes of at least 4 members (excludes halogenated alkanes) is 1. The van der Waals surface area contributed by atoms with Crippen molar-refractivity contribution in [3.63, 3.8) is 0 Å². The second kappa shape index (κ2) is 7.68. The Kier molecular flexibility index (Phi) is 6.48. The molecule has 0 aromatic heterocycles. The van der Waals surface area contributed by atoms with Gasteiger partial charge in [0.2, 0.25) is 0 Å². The fourth-order valence-electron chi connectivity index (χ4n) is 2.33. The largest absolute Gasteiger partial charge is 0.493 e. The zero-order valence-corrected chi connectivity index (χ0v) is 15.1. The van der Waals surface area contributed by atoms with E-state index >= 15 is 0 Å². The molecule has 2 nitrogen and oxygen atoms in total. The Morgan fingerprint density at radius 1 is 1.05 bits per heavy atom. The Bertz CT molecular complexity index is 523. The summed E-state index contributed by atoms with van der Waals surface area (Å²) >= 11 is 0. The third kappa shape index (κ3) is 4.50. The Hall–Kier alpha value is -1.49. The number of nitrogens with zero attached hydrogens (tertiary/aromatic N) is 1. The summed E-state index contributed by atoms with van der Waals surface area (Å²) in [5.41, 5.74) is 2.92. The van der Waals surface area contributed by atoms with Crippen LogP contribution in [0.15, 0.2) is 18.2 Å². The van der Waals surface area contributed by atoms with Crippen molar-refractivity contribution in [3.8, 4) is 11.8 Å². The van der Waals surface area contributed by atoms with Gasteiger partial charge in [-0.15, -0.1) is 0 Å². The van der Waals surface area contributed by atoms with Gasteiger partial charge in [-0.05, 0) is 41.7 Å². The van der Waals surface area contributed by atoms with Crippen molar-refractivity contribution in [1.29, 1.82) is 5.26 Å². The van der Waals surface area contributed by atoms with Gasteiger partial charge in [-0.1, -0.05) is 53.7 Å². The van der Waals surface area contributed by atoms with E-state index in [4.69, 9.17) is 10.00 Å². The van der Waals surface area contributed by atoms with Gasteiger partial charge in [0, 0.05) is 12.0 Å². The summed E-state index contributed by atoms with van der Waals surface area (Å²) in [6.45, 7) is 14.2. The molecule has 0 saturated carbocycles. The molecule has 0 spiro atoms. The Balaban J connectivity index is 3.14. The molecule has 0 aliphatic heterocycles. The summed E-state index contributed by atoms with van der Waals surface area (Å²) in [7, 11) is 0. The van der Waals surface area contributed by atoms with Crippen LogP contribution in [0.3, 0.4) is 0 Å². The van der Waals surface area contributed by atoms with Crippen LogP contribution in [0.1, 0.15) is 78.4 Å². The molecule has 1 rings (SSSR count). The van der Waals surface area contributed by atoms with E-state index in [2.05, 4.69) is 65.8 Å². The van der Waals surface area contributed by atoms with E-state index < -0.39 is 0 Å². The molecule has 0 radical (unpaired) electrons. The second-order valence-corrected chi connectivity index (χ2v) is 7.30. The molecule has 1 aromatic rings. The van der Waals surface area contributed by atoms with E-state index in [9.17, 15) is 0 Å². The summed E-state index contributed by atoms with van der Waals surface area (Å²) in [5.74, 6) is 0.973. The molecule has 22 heavy (non-hydrogen) atoms. The average Bonchev–Trinajstić information content (AvgIpc) is 2.51. The summed E-state index contributed by atoms with van der Waals surface area (Å²) in [6, 6.07) is 8.80. The van der Waals surface area contributed by atoms with Crippen molar-refractivity contribution in [3.05, 3.63) is 29.3 Å². The highest BCUT2D eigenvalue weighted by molar-refractivity contribution is 5.44. The van der Waals surface area contributed by atoms with Crippen molar-refractivity contribution in [1.82, 2.24) is 0 Å². The highest BCUT2D eigenvalue weighted by atomic mass is 16.5. The van der Waals surface area contributed by atoms with Gasteiger partial charge in [0.1, 0.15) is 5.75 Å². The van der Waals surface area contributed by atoms with Gasteiger partial charge < -0.3 is 4.74 Å². The zero-order valence-electron chi connectivity index (χ0n) is 15.1. The molecular weight excluding hydrogens is 270 g/mol. The standard InChI is InChI=1S/C20H31NO/c1-7-19(3,4)16-11-12-18(22-14-10-9-13-21)17(15-16)20(5,6)8-2/h11-12,15H,7-10,14H2,1-6H3. The molecule has 0 saturated heterocycles. The summed E-state index contributed by atoms with van der Waals surface area (Å²) in [4.78, 5) is 0. The molecule has 122 valence electrons. The molecule has 0 bridgehead atoms. The number of hydrogen-bond donors (Lipinski definition) is 0. The van der Waals surface area contributed by atoms with Crippen molar-refractivity contribution in [2.24, 2.45) is 0 Å². The first-order valence-electron chi connectivity index (χ1n) is 8.43. The first kappa shape index (κ1) is 18.6. The molecule has 0 fully saturated rings. The lowest BCUT2D eigenvalue weighted by atomic mass is 9.76. The molecule has 0 amide bonds. The zero-order chi connectivity index (χ0) is 16.8. The Morgan fingerprint density at radius 2 is 1.68 bits per heavy atom. The maximum atomic E-state index is 8.63. The van der Waals surface area contributed by atoms with E-state index in [1.807, 2.05) is 0 Å². The summed E-state index contributed by atoms with van der Waals surface area (Å²) in [6.07, 6.45) is 3.51. The van der Waals surface area contributed by atoms with Crippen LogP contribution in [0, 0.1) is 11.3 Å².